The molecule has 1 aromatic heterocycles. The minimum Gasteiger partial charge on any atom is -0.481 e. The van der Waals surface area contributed by atoms with E-state index < -0.39 is 5.97 Å². The number of hydrogen-bond acceptors (Lipinski definition) is 3. The van der Waals surface area contributed by atoms with E-state index in [-0.39, 0.29) is 6.42 Å². The number of rotatable bonds is 3. The van der Waals surface area contributed by atoms with Crippen molar-refractivity contribution in [2.24, 2.45) is 0 Å². The minimum absolute atomic E-state index is 0.0495. The van der Waals surface area contributed by atoms with Crippen LogP contribution in [0.5, 0.6) is 0 Å². The minimum atomic E-state index is -0.876. The fourth-order valence-corrected chi connectivity index (χ4v) is 2.28. The largest absolute Gasteiger partial charge is 0.481 e. The fraction of sp³-hybridized carbons (Fsp3) is 0.267. The maximum atomic E-state index is 10.6. The molecule has 2 aromatic rings. The summed E-state index contributed by atoms with van der Waals surface area (Å²) in [6.07, 6.45) is 3.11. The lowest BCUT2D eigenvalue weighted by atomic mass is 9.99. The van der Waals surface area contributed by atoms with Crippen molar-refractivity contribution in [1.29, 1.82) is 0 Å². The van der Waals surface area contributed by atoms with Gasteiger partial charge in [0.15, 0.2) is 5.82 Å². The fourth-order valence-electron chi connectivity index (χ4n) is 2.28. The predicted octanol–water partition coefficient (Wildman–Crippen LogP) is 2.70. The van der Waals surface area contributed by atoms with Crippen LogP contribution in [0.25, 0.3) is 11.4 Å². The van der Waals surface area contributed by atoms with Crippen LogP contribution in [-0.4, -0.2) is 21.0 Å². The van der Waals surface area contributed by atoms with E-state index in [4.69, 9.17) is 5.11 Å². The number of aryl methyl sites for hydroxylation is 3. The molecular weight excluding hydrogens is 240 g/mol. The van der Waals surface area contributed by atoms with Crippen molar-refractivity contribution in [3.05, 3.63) is 46.8 Å². The van der Waals surface area contributed by atoms with Crippen LogP contribution >= 0.6 is 0 Å². The number of aromatic nitrogens is 2. The normalized spacial score (nSPS) is 10.5. The number of nitrogens with zero attached hydrogens (tertiary/aromatic N) is 2. The number of benzene rings is 1. The van der Waals surface area contributed by atoms with Gasteiger partial charge in [-0.05, 0) is 37.5 Å². The molecule has 0 amide bonds. The van der Waals surface area contributed by atoms with Crippen molar-refractivity contribution < 1.29 is 9.90 Å². The molecule has 98 valence electrons. The smallest absolute Gasteiger partial charge is 0.307 e. The summed E-state index contributed by atoms with van der Waals surface area (Å²) < 4.78 is 0. The molecule has 0 fully saturated rings. The Bertz CT molecular complexity index is 596. The van der Waals surface area contributed by atoms with Gasteiger partial charge in [-0.1, -0.05) is 17.7 Å². The molecule has 1 heterocycles. The molecule has 0 aliphatic heterocycles. The van der Waals surface area contributed by atoms with E-state index in [0.29, 0.717) is 11.4 Å². The Hall–Kier alpha value is -2.23. The van der Waals surface area contributed by atoms with Crippen LogP contribution in [0, 0.1) is 20.8 Å². The van der Waals surface area contributed by atoms with Gasteiger partial charge in [0.1, 0.15) is 0 Å². The highest BCUT2D eigenvalue weighted by atomic mass is 16.4. The Labute approximate surface area is 112 Å². The lowest BCUT2D eigenvalue weighted by Gasteiger charge is -2.10. The van der Waals surface area contributed by atoms with E-state index in [9.17, 15) is 4.79 Å². The number of hydrogen-bond donors (Lipinski definition) is 1. The molecule has 2 rings (SSSR count). The van der Waals surface area contributed by atoms with E-state index in [1.807, 2.05) is 13.8 Å². The van der Waals surface area contributed by atoms with Crippen molar-refractivity contribution in [3.8, 4) is 11.4 Å². The molecule has 0 saturated heterocycles. The third-order valence-electron chi connectivity index (χ3n) is 2.96. The molecule has 4 heteroatoms. The Morgan fingerprint density at radius 1 is 1.11 bits per heavy atom. The lowest BCUT2D eigenvalue weighted by molar-refractivity contribution is -0.136. The van der Waals surface area contributed by atoms with Gasteiger partial charge in [-0.3, -0.25) is 4.79 Å². The van der Waals surface area contributed by atoms with Crippen LogP contribution < -0.4 is 0 Å². The van der Waals surface area contributed by atoms with Crippen molar-refractivity contribution in [3.63, 3.8) is 0 Å². The van der Waals surface area contributed by atoms with Crippen LogP contribution in [-0.2, 0) is 11.2 Å². The summed E-state index contributed by atoms with van der Waals surface area (Å²) in [4.78, 5) is 19.2. The van der Waals surface area contributed by atoms with E-state index in [1.165, 1.54) is 5.56 Å². The van der Waals surface area contributed by atoms with Crippen molar-refractivity contribution in [1.82, 2.24) is 9.97 Å². The summed E-state index contributed by atoms with van der Waals surface area (Å²) in [5.74, 6) is -0.233. The predicted molar refractivity (Wildman–Crippen MR) is 73.0 cm³/mol. The summed E-state index contributed by atoms with van der Waals surface area (Å²) in [5.41, 5.74) is 5.10. The maximum Gasteiger partial charge on any atom is 0.307 e. The first-order chi connectivity index (χ1) is 8.97. The molecule has 1 aromatic carbocycles. The summed E-state index contributed by atoms with van der Waals surface area (Å²) in [6, 6.07) is 4.19. The van der Waals surface area contributed by atoms with E-state index >= 15 is 0 Å². The van der Waals surface area contributed by atoms with Gasteiger partial charge in [-0.2, -0.15) is 0 Å². The molecule has 0 saturated carbocycles. The second-order valence-electron chi connectivity index (χ2n) is 4.76. The summed E-state index contributed by atoms with van der Waals surface area (Å²) >= 11 is 0. The molecular formula is C15H16N2O2. The standard InChI is InChI=1S/C15H16N2O2/c1-9-4-10(2)14(11(3)5-9)15-16-7-12(8-17-15)6-13(18)19/h4-5,7-8H,6H2,1-3H3,(H,18,19). The first kappa shape index (κ1) is 13.2. The van der Waals surface area contributed by atoms with Gasteiger partial charge < -0.3 is 5.11 Å². The monoisotopic (exact) mass is 256 g/mol. The Balaban J connectivity index is 2.40. The summed E-state index contributed by atoms with van der Waals surface area (Å²) in [5, 5.41) is 8.72. The van der Waals surface area contributed by atoms with Crippen LogP contribution in [0.15, 0.2) is 24.5 Å². The average Bonchev–Trinajstić information content (AvgIpc) is 2.29. The van der Waals surface area contributed by atoms with E-state index in [1.54, 1.807) is 12.4 Å². The van der Waals surface area contributed by atoms with Crippen molar-refractivity contribution in [2.45, 2.75) is 27.2 Å². The SMILES string of the molecule is Cc1cc(C)c(-c2ncc(CC(=O)O)cn2)c(C)c1. The molecule has 1 N–H and O–H groups in total. The van der Waals surface area contributed by atoms with Gasteiger partial charge >= 0.3 is 5.97 Å². The molecule has 4 nitrogen and oxygen atoms in total. The van der Waals surface area contributed by atoms with E-state index in [2.05, 4.69) is 29.0 Å². The average molecular weight is 256 g/mol. The van der Waals surface area contributed by atoms with Crippen LogP contribution in [0.1, 0.15) is 22.3 Å². The highest BCUT2D eigenvalue weighted by Gasteiger charge is 2.10. The second-order valence-corrected chi connectivity index (χ2v) is 4.76. The maximum absolute atomic E-state index is 10.6. The molecule has 0 bridgehead atoms. The lowest BCUT2D eigenvalue weighted by Crippen LogP contribution is -2.02. The second kappa shape index (κ2) is 5.18. The van der Waals surface area contributed by atoms with Gasteiger partial charge in [-0.25, -0.2) is 9.97 Å². The molecule has 0 unspecified atom stereocenters. The van der Waals surface area contributed by atoms with Crippen LogP contribution in [0.2, 0.25) is 0 Å². The zero-order chi connectivity index (χ0) is 14.0. The zero-order valence-electron chi connectivity index (χ0n) is 11.3. The topological polar surface area (TPSA) is 63.1 Å². The number of carboxylic acids is 1. The van der Waals surface area contributed by atoms with Gasteiger partial charge in [0, 0.05) is 18.0 Å². The van der Waals surface area contributed by atoms with Crippen LogP contribution in [0.3, 0.4) is 0 Å². The molecule has 0 aliphatic carbocycles. The summed E-state index contributed by atoms with van der Waals surface area (Å²) in [7, 11) is 0. The molecule has 19 heavy (non-hydrogen) atoms. The summed E-state index contributed by atoms with van der Waals surface area (Å²) in [6.45, 7) is 6.12. The first-order valence-corrected chi connectivity index (χ1v) is 6.08. The highest BCUT2D eigenvalue weighted by Crippen LogP contribution is 2.25. The Morgan fingerprint density at radius 3 is 2.11 bits per heavy atom. The van der Waals surface area contributed by atoms with Gasteiger partial charge in [0.05, 0.1) is 6.42 Å². The Morgan fingerprint density at radius 2 is 1.63 bits per heavy atom. The number of carbonyl (C=O) groups is 1. The van der Waals surface area contributed by atoms with Gasteiger partial charge in [0.2, 0.25) is 0 Å². The third kappa shape index (κ3) is 2.96. The van der Waals surface area contributed by atoms with Crippen molar-refractivity contribution in [2.75, 3.05) is 0 Å². The van der Waals surface area contributed by atoms with Gasteiger partial charge in [-0.15, -0.1) is 0 Å². The van der Waals surface area contributed by atoms with Gasteiger partial charge in [0.25, 0.3) is 0 Å². The number of aliphatic carboxylic acids is 1. The first-order valence-electron chi connectivity index (χ1n) is 6.08. The zero-order valence-corrected chi connectivity index (χ0v) is 11.3. The van der Waals surface area contributed by atoms with E-state index in [0.717, 1.165) is 16.7 Å². The quantitative estimate of drug-likeness (QED) is 0.917. The Kier molecular flexibility index (Phi) is 3.60. The molecule has 0 spiro atoms. The molecule has 0 aliphatic rings. The molecule has 0 radical (unpaired) electrons. The van der Waals surface area contributed by atoms with Crippen LogP contribution in [0.4, 0.5) is 0 Å². The molecule has 0 atom stereocenters. The van der Waals surface area contributed by atoms with Crippen molar-refractivity contribution >= 4 is 5.97 Å². The highest BCUT2D eigenvalue weighted by molar-refractivity contribution is 5.70. The number of carboxylic acid groups (broad SMARTS) is 1. The third-order valence-corrected chi connectivity index (χ3v) is 2.96.